The number of nitrogens with zero attached hydrogens (tertiary/aromatic N) is 3. The van der Waals surface area contributed by atoms with E-state index >= 15 is 0 Å². The van der Waals surface area contributed by atoms with Gasteiger partial charge >= 0.3 is 0 Å². The molecule has 1 aromatic carbocycles. The van der Waals surface area contributed by atoms with E-state index in [9.17, 15) is 9.59 Å². The van der Waals surface area contributed by atoms with Gasteiger partial charge in [-0.15, -0.1) is 0 Å². The van der Waals surface area contributed by atoms with E-state index in [4.69, 9.17) is 9.47 Å². The summed E-state index contributed by atoms with van der Waals surface area (Å²) in [6.45, 7) is 6.93. The fourth-order valence-electron chi connectivity index (χ4n) is 3.99. The third-order valence-electron chi connectivity index (χ3n) is 5.80. The maximum absolute atomic E-state index is 12.4. The molecule has 3 heterocycles. The van der Waals surface area contributed by atoms with Gasteiger partial charge in [0.2, 0.25) is 5.91 Å². The molecule has 0 radical (unpaired) electrons. The van der Waals surface area contributed by atoms with Gasteiger partial charge in [0.15, 0.2) is 5.65 Å². The van der Waals surface area contributed by atoms with Gasteiger partial charge in [-0.05, 0) is 55.5 Å². The highest BCUT2D eigenvalue weighted by atomic mass is 16.5. The maximum Gasteiger partial charge on any atom is 0.262 e. The predicted molar refractivity (Wildman–Crippen MR) is 130 cm³/mol. The number of hydrogen-bond acceptors (Lipinski definition) is 6. The van der Waals surface area contributed by atoms with Gasteiger partial charge in [-0.25, -0.2) is 4.98 Å². The number of benzene rings is 1. The first-order valence-corrected chi connectivity index (χ1v) is 11.8. The molecule has 0 bridgehead atoms. The van der Waals surface area contributed by atoms with Crippen LogP contribution in [0, 0.1) is 6.92 Å². The second kappa shape index (κ2) is 11.1. The molecule has 0 aliphatic carbocycles. The summed E-state index contributed by atoms with van der Waals surface area (Å²) in [6, 6.07) is 5.98. The van der Waals surface area contributed by atoms with Crippen LogP contribution >= 0.6 is 0 Å². The number of aromatic amines is 2. The summed E-state index contributed by atoms with van der Waals surface area (Å²) in [5, 5.41) is 7.43. The van der Waals surface area contributed by atoms with Crippen molar-refractivity contribution in [2.24, 2.45) is 0 Å². The van der Waals surface area contributed by atoms with Crippen LogP contribution in [-0.4, -0.2) is 63.9 Å². The van der Waals surface area contributed by atoms with E-state index in [2.05, 4.69) is 33.2 Å². The van der Waals surface area contributed by atoms with Crippen LogP contribution in [-0.2, 0) is 22.4 Å². The van der Waals surface area contributed by atoms with Gasteiger partial charge < -0.3 is 19.4 Å². The molecule has 180 valence electrons. The van der Waals surface area contributed by atoms with Crippen LogP contribution in [0.5, 0.6) is 5.75 Å². The van der Waals surface area contributed by atoms with Crippen molar-refractivity contribution in [3.05, 3.63) is 57.3 Å². The number of amides is 1. The van der Waals surface area contributed by atoms with E-state index in [-0.39, 0.29) is 11.5 Å². The average molecular weight is 466 g/mol. The highest BCUT2D eigenvalue weighted by Crippen LogP contribution is 2.23. The zero-order chi connectivity index (χ0) is 23.9. The Bertz CT molecular complexity index is 1220. The molecule has 3 aromatic rings. The maximum atomic E-state index is 12.4. The molecule has 9 heteroatoms. The molecule has 34 heavy (non-hydrogen) atoms. The molecule has 2 aromatic heterocycles. The zero-order valence-electron chi connectivity index (χ0n) is 19.7. The van der Waals surface area contributed by atoms with Gasteiger partial charge in [-0.3, -0.25) is 14.7 Å². The van der Waals surface area contributed by atoms with Crippen LogP contribution in [0.15, 0.2) is 29.1 Å². The average Bonchev–Trinajstić information content (AvgIpc) is 3.23. The molecule has 1 fully saturated rings. The molecule has 2 N–H and O–H groups in total. The number of hydrogen-bond donors (Lipinski definition) is 2. The fourth-order valence-corrected chi connectivity index (χ4v) is 3.99. The van der Waals surface area contributed by atoms with E-state index < -0.39 is 0 Å². The minimum atomic E-state index is -0.171. The van der Waals surface area contributed by atoms with Crippen molar-refractivity contribution in [2.75, 3.05) is 32.9 Å². The van der Waals surface area contributed by atoms with Crippen molar-refractivity contribution in [3.8, 4) is 5.75 Å². The lowest BCUT2D eigenvalue weighted by Crippen LogP contribution is -2.39. The molecule has 1 aliphatic rings. The second-order valence-corrected chi connectivity index (χ2v) is 8.40. The lowest BCUT2D eigenvalue weighted by Gasteiger charge is -2.25. The Morgan fingerprint density at radius 3 is 2.88 bits per heavy atom. The Labute approximate surface area is 198 Å². The third-order valence-corrected chi connectivity index (χ3v) is 5.80. The molecule has 1 saturated heterocycles. The number of aryl methyl sites for hydroxylation is 3. The van der Waals surface area contributed by atoms with E-state index in [1.54, 1.807) is 17.9 Å². The van der Waals surface area contributed by atoms with Crippen LogP contribution in [0.4, 0.5) is 0 Å². The van der Waals surface area contributed by atoms with Gasteiger partial charge in [-0.1, -0.05) is 13.0 Å². The van der Waals surface area contributed by atoms with Crippen molar-refractivity contribution in [2.45, 2.75) is 39.5 Å². The molecule has 4 rings (SSSR count). The van der Waals surface area contributed by atoms with Crippen LogP contribution in [0.3, 0.4) is 0 Å². The molecule has 1 amide bonds. The number of morpholine rings is 1. The summed E-state index contributed by atoms with van der Waals surface area (Å²) >= 11 is 0. The number of fused-ring (bicyclic) bond motifs is 1. The van der Waals surface area contributed by atoms with Crippen LogP contribution in [0.1, 0.15) is 42.4 Å². The number of carbonyl (C=O) groups excluding carboxylic acids is 1. The molecule has 0 atom stereocenters. The number of H-pyrrole nitrogens is 2. The summed E-state index contributed by atoms with van der Waals surface area (Å²) in [5.74, 6) is 1.46. The molecule has 1 aliphatic heterocycles. The topological polar surface area (TPSA) is 113 Å². The van der Waals surface area contributed by atoms with Crippen molar-refractivity contribution in [3.63, 3.8) is 0 Å². The summed E-state index contributed by atoms with van der Waals surface area (Å²) < 4.78 is 11.3. The van der Waals surface area contributed by atoms with E-state index in [1.807, 2.05) is 18.2 Å². The van der Waals surface area contributed by atoms with E-state index in [0.29, 0.717) is 61.9 Å². The largest absolute Gasteiger partial charge is 0.493 e. The molecule has 9 nitrogen and oxygen atoms in total. The van der Waals surface area contributed by atoms with Crippen LogP contribution < -0.4 is 10.3 Å². The smallest absolute Gasteiger partial charge is 0.262 e. The van der Waals surface area contributed by atoms with Gasteiger partial charge in [0.05, 0.1) is 19.8 Å². The van der Waals surface area contributed by atoms with E-state index in [0.717, 1.165) is 36.1 Å². The minimum Gasteiger partial charge on any atom is -0.493 e. The van der Waals surface area contributed by atoms with Crippen LogP contribution in [0.25, 0.3) is 17.1 Å². The lowest BCUT2D eigenvalue weighted by atomic mass is 10.0. The first-order valence-electron chi connectivity index (χ1n) is 11.8. The van der Waals surface area contributed by atoms with Gasteiger partial charge in [-0.2, -0.15) is 5.10 Å². The number of nitrogens with one attached hydrogen (secondary N) is 2. The van der Waals surface area contributed by atoms with Gasteiger partial charge in [0, 0.05) is 31.3 Å². The third kappa shape index (κ3) is 5.72. The standard InChI is InChI=1S/C25H31N5O4/c1-3-13-34-20-9-7-18(8-10-22(31)30-11-14-33-15-12-30)16-19(20)5-4-6-21-26-24-23(25(32)27-21)17(2)28-29-24/h7-10,16H,3-6,11-15H2,1-2H3,(H2,26,27,28,29,32). The normalized spacial score (nSPS) is 14.2. The monoisotopic (exact) mass is 465 g/mol. The lowest BCUT2D eigenvalue weighted by molar-refractivity contribution is -0.129. The zero-order valence-corrected chi connectivity index (χ0v) is 19.7. The molecule has 0 unspecified atom stereocenters. The SMILES string of the molecule is CCCOc1ccc(C=CC(=O)N2CCOCC2)cc1CCCc1nc2n[nH]c(C)c2c(=O)[nH]1. The number of aromatic nitrogens is 4. The number of rotatable bonds is 9. The Balaban J connectivity index is 1.45. The molecule has 0 saturated carbocycles. The Morgan fingerprint density at radius 1 is 1.26 bits per heavy atom. The highest BCUT2D eigenvalue weighted by Gasteiger charge is 2.14. The van der Waals surface area contributed by atoms with E-state index in [1.165, 1.54) is 0 Å². The first kappa shape index (κ1) is 23.7. The summed E-state index contributed by atoms with van der Waals surface area (Å²) in [5.41, 5.74) is 2.99. The quantitative estimate of drug-likeness (QED) is 0.470. The van der Waals surface area contributed by atoms with Gasteiger partial charge in [0.1, 0.15) is 17.0 Å². The highest BCUT2D eigenvalue weighted by molar-refractivity contribution is 5.91. The molecular formula is C25H31N5O4. The molecule has 0 spiro atoms. The summed E-state index contributed by atoms with van der Waals surface area (Å²) in [7, 11) is 0. The summed E-state index contributed by atoms with van der Waals surface area (Å²) in [4.78, 5) is 33.9. The Morgan fingerprint density at radius 2 is 2.09 bits per heavy atom. The van der Waals surface area contributed by atoms with Crippen molar-refractivity contribution < 1.29 is 14.3 Å². The van der Waals surface area contributed by atoms with Crippen molar-refractivity contribution >= 4 is 23.0 Å². The van der Waals surface area contributed by atoms with Gasteiger partial charge in [0.25, 0.3) is 5.56 Å². The second-order valence-electron chi connectivity index (χ2n) is 8.40. The summed E-state index contributed by atoms with van der Waals surface area (Å²) in [6.07, 6.45) is 6.52. The number of ether oxygens (including phenoxy) is 2. The Hall–Kier alpha value is -3.46. The number of carbonyl (C=O) groups is 1. The van der Waals surface area contributed by atoms with Crippen LogP contribution in [0.2, 0.25) is 0 Å². The Kier molecular flexibility index (Phi) is 7.74. The predicted octanol–water partition coefficient (Wildman–Crippen LogP) is 2.79. The first-order chi connectivity index (χ1) is 16.5. The van der Waals surface area contributed by atoms with Crippen molar-refractivity contribution in [1.29, 1.82) is 0 Å². The fraction of sp³-hybridized carbons (Fsp3) is 0.440. The minimum absolute atomic E-state index is 0.00446. The van der Waals surface area contributed by atoms with Crippen molar-refractivity contribution in [1.82, 2.24) is 25.1 Å². The molecular weight excluding hydrogens is 434 g/mol.